The Morgan fingerprint density at radius 1 is 1.06 bits per heavy atom. The van der Waals surface area contributed by atoms with E-state index < -0.39 is 0 Å². The van der Waals surface area contributed by atoms with Crippen molar-refractivity contribution in [1.29, 1.82) is 0 Å². The molecule has 1 saturated carbocycles. The maximum absolute atomic E-state index is 12.4. The third kappa shape index (κ3) is 6.10. The molecule has 1 saturated heterocycles. The second-order valence-electron chi connectivity index (χ2n) is 9.16. The summed E-state index contributed by atoms with van der Waals surface area (Å²) in [5, 5.41) is 3.21. The van der Waals surface area contributed by atoms with Crippen molar-refractivity contribution in [3.8, 4) is 11.1 Å². The molecule has 2 fully saturated rings. The number of carbonyl (C=O) groups is 1. The lowest BCUT2D eigenvalue weighted by Crippen LogP contribution is -2.40. The number of aryl methyl sites for hydroxylation is 1. The van der Waals surface area contributed by atoms with Gasteiger partial charge in [-0.3, -0.25) is 14.7 Å². The summed E-state index contributed by atoms with van der Waals surface area (Å²) in [6.45, 7) is 5.46. The average Bonchev–Trinajstić information content (AvgIpc) is 3.07. The van der Waals surface area contributed by atoms with Crippen LogP contribution >= 0.6 is 0 Å². The lowest BCUT2D eigenvalue weighted by atomic mass is 9.79. The van der Waals surface area contributed by atoms with Crippen LogP contribution < -0.4 is 5.32 Å². The summed E-state index contributed by atoms with van der Waals surface area (Å²) < 4.78 is 0. The van der Waals surface area contributed by atoms with E-state index in [1.54, 1.807) is 0 Å². The number of nitrogens with one attached hydrogen (secondary N) is 1. The molecule has 3 heterocycles. The predicted octanol–water partition coefficient (Wildman–Crippen LogP) is 4.11. The van der Waals surface area contributed by atoms with Crippen molar-refractivity contribution >= 4 is 5.91 Å². The van der Waals surface area contributed by atoms with E-state index in [2.05, 4.69) is 20.2 Å². The standard InChI is InChI=1S/C25H35N5O/c1-19-27-17-23(21-10-12-26-13-11-21)25(29-19)22-8-6-20(7-9-22)16-28-24(31)18-30-14-4-2-3-5-15-30/h10-13,17,20,22H,2-9,14-16,18H2,1H3,(H,28,31). The van der Waals surface area contributed by atoms with Crippen LogP contribution in [0.25, 0.3) is 11.1 Å². The molecule has 1 aliphatic heterocycles. The summed E-state index contributed by atoms with van der Waals surface area (Å²) in [5.41, 5.74) is 3.43. The van der Waals surface area contributed by atoms with Gasteiger partial charge in [0, 0.05) is 36.6 Å². The predicted molar refractivity (Wildman–Crippen MR) is 123 cm³/mol. The van der Waals surface area contributed by atoms with Crippen molar-refractivity contribution < 1.29 is 4.79 Å². The van der Waals surface area contributed by atoms with Crippen LogP contribution in [0.5, 0.6) is 0 Å². The fraction of sp³-hybridized carbons (Fsp3) is 0.600. The number of hydrogen-bond acceptors (Lipinski definition) is 5. The van der Waals surface area contributed by atoms with Crippen molar-refractivity contribution in [3.63, 3.8) is 0 Å². The molecule has 0 aromatic carbocycles. The van der Waals surface area contributed by atoms with Gasteiger partial charge in [-0.2, -0.15) is 0 Å². The maximum Gasteiger partial charge on any atom is 0.234 e. The van der Waals surface area contributed by atoms with E-state index in [1.165, 1.54) is 31.4 Å². The van der Waals surface area contributed by atoms with Crippen LogP contribution in [0.3, 0.4) is 0 Å². The molecule has 6 nitrogen and oxygen atoms in total. The molecule has 166 valence electrons. The molecule has 0 atom stereocenters. The van der Waals surface area contributed by atoms with Gasteiger partial charge in [-0.15, -0.1) is 0 Å². The van der Waals surface area contributed by atoms with Gasteiger partial charge in [-0.1, -0.05) is 12.8 Å². The Bertz CT molecular complexity index is 840. The first-order valence-electron chi connectivity index (χ1n) is 11.9. The first kappa shape index (κ1) is 21.9. The van der Waals surface area contributed by atoms with Gasteiger partial charge in [0.15, 0.2) is 0 Å². The van der Waals surface area contributed by atoms with Gasteiger partial charge in [-0.05, 0) is 82.2 Å². The SMILES string of the molecule is Cc1ncc(-c2ccncc2)c(C2CCC(CNC(=O)CN3CCCCCC3)CC2)n1. The van der Waals surface area contributed by atoms with Crippen molar-refractivity contribution in [2.45, 2.75) is 64.2 Å². The monoisotopic (exact) mass is 421 g/mol. The Hall–Kier alpha value is -2.34. The molecule has 2 aromatic rings. The van der Waals surface area contributed by atoms with E-state index in [1.807, 2.05) is 37.6 Å². The molecule has 2 aromatic heterocycles. The van der Waals surface area contributed by atoms with Crippen LogP contribution in [0, 0.1) is 12.8 Å². The molecule has 1 aliphatic carbocycles. The fourth-order valence-electron chi connectivity index (χ4n) is 5.00. The molecule has 2 aliphatic rings. The number of amides is 1. The minimum Gasteiger partial charge on any atom is -0.355 e. The molecular formula is C25H35N5O. The zero-order valence-electron chi connectivity index (χ0n) is 18.7. The highest BCUT2D eigenvalue weighted by Gasteiger charge is 2.26. The second kappa shape index (κ2) is 10.8. The molecule has 0 spiro atoms. The molecule has 6 heteroatoms. The number of nitrogens with zero attached hydrogens (tertiary/aromatic N) is 4. The van der Waals surface area contributed by atoms with E-state index in [0.29, 0.717) is 18.4 Å². The van der Waals surface area contributed by atoms with Gasteiger partial charge in [0.1, 0.15) is 5.82 Å². The van der Waals surface area contributed by atoms with Crippen molar-refractivity contribution in [2.24, 2.45) is 5.92 Å². The van der Waals surface area contributed by atoms with Gasteiger partial charge in [0.2, 0.25) is 5.91 Å². The van der Waals surface area contributed by atoms with Crippen molar-refractivity contribution in [3.05, 3.63) is 42.2 Å². The fourth-order valence-corrected chi connectivity index (χ4v) is 5.00. The van der Waals surface area contributed by atoms with Gasteiger partial charge in [0.05, 0.1) is 12.2 Å². The third-order valence-electron chi connectivity index (χ3n) is 6.82. The number of aromatic nitrogens is 3. The van der Waals surface area contributed by atoms with E-state index in [9.17, 15) is 4.79 Å². The number of pyridine rings is 1. The summed E-state index contributed by atoms with van der Waals surface area (Å²) in [6, 6.07) is 4.06. The Balaban J connectivity index is 1.29. The zero-order chi connectivity index (χ0) is 21.5. The summed E-state index contributed by atoms with van der Waals surface area (Å²) in [6.07, 6.45) is 15.1. The summed E-state index contributed by atoms with van der Waals surface area (Å²) in [7, 11) is 0. The van der Waals surface area contributed by atoms with E-state index in [-0.39, 0.29) is 5.91 Å². The average molecular weight is 422 g/mol. The van der Waals surface area contributed by atoms with Crippen LogP contribution in [0.15, 0.2) is 30.7 Å². The first-order chi connectivity index (χ1) is 15.2. The van der Waals surface area contributed by atoms with E-state index in [0.717, 1.165) is 62.3 Å². The minimum atomic E-state index is 0.190. The number of carbonyl (C=O) groups excluding carboxylic acids is 1. The van der Waals surface area contributed by atoms with Crippen molar-refractivity contribution in [1.82, 2.24) is 25.2 Å². The normalized spacial score (nSPS) is 22.6. The lowest BCUT2D eigenvalue weighted by molar-refractivity contribution is -0.122. The van der Waals surface area contributed by atoms with Gasteiger partial charge in [0.25, 0.3) is 0 Å². The summed E-state index contributed by atoms with van der Waals surface area (Å²) >= 11 is 0. The van der Waals surface area contributed by atoms with Crippen LogP contribution in [-0.4, -0.2) is 51.9 Å². The molecule has 31 heavy (non-hydrogen) atoms. The highest BCUT2D eigenvalue weighted by atomic mass is 16.2. The number of hydrogen-bond donors (Lipinski definition) is 1. The largest absolute Gasteiger partial charge is 0.355 e. The van der Waals surface area contributed by atoms with Crippen LogP contribution in [0.2, 0.25) is 0 Å². The summed E-state index contributed by atoms with van der Waals surface area (Å²) in [4.78, 5) is 28.2. The van der Waals surface area contributed by atoms with Gasteiger partial charge >= 0.3 is 0 Å². The number of likely N-dealkylation sites (tertiary alicyclic amines) is 1. The molecule has 0 unspecified atom stereocenters. The highest BCUT2D eigenvalue weighted by molar-refractivity contribution is 5.78. The third-order valence-corrected chi connectivity index (χ3v) is 6.82. The molecule has 4 rings (SSSR count). The zero-order valence-corrected chi connectivity index (χ0v) is 18.7. The van der Waals surface area contributed by atoms with E-state index >= 15 is 0 Å². The van der Waals surface area contributed by atoms with Crippen LogP contribution in [-0.2, 0) is 4.79 Å². The Morgan fingerprint density at radius 2 is 1.77 bits per heavy atom. The Kier molecular flexibility index (Phi) is 7.62. The number of rotatable bonds is 6. The summed E-state index contributed by atoms with van der Waals surface area (Å²) in [5.74, 6) is 2.04. The highest BCUT2D eigenvalue weighted by Crippen LogP contribution is 2.38. The van der Waals surface area contributed by atoms with Crippen LogP contribution in [0.4, 0.5) is 0 Å². The molecule has 0 bridgehead atoms. The smallest absolute Gasteiger partial charge is 0.234 e. The van der Waals surface area contributed by atoms with Gasteiger partial charge < -0.3 is 5.32 Å². The Labute approximate surface area is 185 Å². The Morgan fingerprint density at radius 3 is 2.48 bits per heavy atom. The van der Waals surface area contributed by atoms with Gasteiger partial charge in [-0.25, -0.2) is 9.97 Å². The molecule has 0 radical (unpaired) electrons. The minimum absolute atomic E-state index is 0.190. The molecule has 1 N–H and O–H groups in total. The molecule has 1 amide bonds. The maximum atomic E-state index is 12.4. The topological polar surface area (TPSA) is 71.0 Å². The second-order valence-corrected chi connectivity index (χ2v) is 9.16. The quantitative estimate of drug-likeness (QED) is 0.760. The first-order valence-corrected chi connectivity index (χ1v) is 11.9. The lowest BCUT2D eigenvalue weighted by Gasteiger charge is -2.29. The molecular weight excluding hydrogens is 386 g/mol. The van der Waals surface area contributed by atoms with E-state index in [4.69, 9.17) is 4.98 Å². The van der Waals surface area contributed by atoms with Crippen molar-refractivity contribution in [2.75, 3.05) is 26.2 Å². The van der Waals surface area contributed by atoms with Crippen LogP contribution in [0.1, 0.15) is 68.8 Å².